The van der Waals surface area contributed by atoms with Crippen molar-refractivity contribution in [1.29, 1.82) is 0 Å². The number of hydrogen-bond donors (Lipinski definition) is 1. The fraction of sp³-hybridized carbons (Fsp3) is 0.538. The van der Waals surface area contributed by atoms with Crippen molar-refractivity contribution in [2.75, 3.05) is 19.8 Å². The van der Waals surface area contributed by atoms with Gasteiger partial charge in [-0.05, 0) is 26.0 Å². The summed E-state index contributed by atoms with van der Waals surface area (Å²) < 4.78 is 46.0. The van der Waals surface area contributed by atoms with Crippen LogP contribution in [0, 0.1) is 5.82 Å². The molecule has 0 radical (unpaired) electrons. The van der Waals surface area contributed by atoms with Crippen LogP contribution in [0.15, 0.2) is 23.1 Å². The van der Waals surface area contributed by atoms with E-state index < -0.39 is 21.4 Å². The zero-order chi connectivity index (χ0) is 15.0. The predicted octanol–water partition coefficient (Wildman–Crippen LogP) is 1.08. The number of morpholine rings is 1. The molecule has 1 aliphatic heterocycles. The first-order valence-electron chi connectivity index (χ1n) is 6.39. The van der Waals surface area contributed by atoms with E-state index in [9.17, 15) is 12.8 Å². The summed E-state index contributed by atoms with van der Waals surface area (Å²) in [6, 6.07) is 3.99. The van der Waals surface area contributed by atoms with Crippen LogP contribution in [0.5, 0.6) is 0 Å². The maximum atomic E-state index is 13.8. The summed E-state index contributed by atoms with van der Waals surface area (Å²) in [6.45, 7) is 4.29. The Morgan fingerprint density at radius 1 is 1.45 bits per heavy atom. The molecular formula is C13H19FN2O3S. The van der Waals surface area contributed by atoms with Gasteiger partial charge in [0.05, 0.1) is 23.6 Å². The van der Waals surface area contributed by atoms with E-state index in [1.807, 2.05) is 0 Å². The average molecular weight is 302 g/mol. The molecule has 20 heavy (non-hydrogen) atoms. The second-order valence-corrected chi connectivity index (χ2v) is 7.19. The molecule has 0 amide bonds. The lowest BCUT2D eigenvalue weighted by atomic mass is 10.1. The molecule has 0 bridgehead atoms. The fourth-order valence-corrected chi connectivity index (χ4v) is 4.39. The number of rotatable bonds is 3. The van der Waals surface area contributed by atoms with Crippen LogP contribution in [0.3, 0.4) is 0 Å². The molecule has 1 aromatic carbocycles. The topological polar surface area (TPSA) is 72.6 Å². The molecule has 7 heteroatoms. The molecule has 0 aliphatic carbocycles. The molecule has 1 saturated heterocycles. The van der Waals surface area contributed by atoms with Crippen molar-refractivity contribution in [1.82, 2.24) is 4.31 Å². The molecule has 0 saturated carbocycles. The lowest BCUT2D eigenvalue weighted by Crippen LogP contribution is -2.55. The van der Waals surface area contributed by atoms with E-state index in [2.05, 4.69) is 0 Å². The molecule has 1 aliphatic rings. The van der Waals surface area contributed by atoms with Gasteiger partial charge in [-0.1, -0.05) is 6.07 Å². The van der Waals surface area contributed by atoms with Crippen molar-refractivity contribution in [3.8, 4) is 0 Å². The molecule has 1 fully saturated rings. The van der Waals surface area contributed by atoms with Crippen molar-refractivity contribution >= 4 is 10.0 Å². The first-order chi connectivity index (χ1) is 9.30. The Kier molecular flexibility index (Phi) is 4.15. The largest absolute Gasteiger partial charge is 0.378 e. The Balaban J connectivity index is 2.53. The molecular weight excluding hydrogens is 283 g/mol. The smallest absolute Gasteiger partial charge is 0.244 e. The number of halogens is 1. The van der Waals surface area contributed by atoms with Gasteiger partial charge in [-0.2, -0.15) is 4.31 Å². The molecule has 2 rings (SSSR count). The Bertz CT molecular complexity index is 602. The van der Waals surface area contributed by atoms with E-state index in [0.717, 1.165) is 0 Å². The van der Waals surface area contributed by atoms with E-state index in [4.69, 9.17) is 10.5 Å². The minimum Gasteiger partial charge on any atom is -0.378 e. The third-order valence-electron chi connectivity index (χ3n) is 3.42. The van der Waals surface area contributed by atoms with Gasteiger partial charge in [0.25, 0.3) is 0 Å². The summed E-state index contributed by atoms with van der Waals surface area (Å²) in [6.07, 6.45) is 0. The molecule has 112 valence electrons. The lowest BCUT2D eigenvalue weighted by molar-refractivity contribution is -0.00773. The van der Waals surface area contributed by atoms with Crippen molar-refractivity contribution in [3.63, 3.8) is 0 Å². The second kappa shape index (κ2) is 5.40. The molecule has 0 aromatic heterocycles. The van der Waals surface area contributed by atoms with Crippen LogP contribution >= 0.6 is 0 Å². The Labute approximate surface area is 118 Å². The van der Waals surface area contributed by atoms with Gasteiger partial charge in [0.15, 0.2) is 0 Å². The number of benzene rings is 1. The normalized spacial score (nSPS) is 20.0. The van der Waals surface area contributed by atoms with Crippen LogP contribution in [0.4, 0.5) is 4.39 Å². The standard InChI is InChI=1S/C13H19FN2O3S/c1-13(2)9-19-7-6-16(13)20(17,18)12-5-3-4-11(14)10(12)8-15/h3-5H,6-9,15H2,1-2H3. The van der Waals surface area contributed by atoms with Crippen LogP contribution in [-0.2, 0) is 21.3 Å². The molecule has 0 unspecified atom stereocenters. The predicted molar refractivity (Wildman–Crippen MR) is 73.1 cm³/mol. The maximum absolute atomic E-state index is 13.8. The van der Waals surface area contributed by atoms with Gasteiger partial charge in [-0.3, -0.25) is 0 Å². The summed E-state index contributed by atoms with van der Waals surface area (Å²) in [5.74, 6) is -0.598. The van der Waals surface area contributed by atoms with Gasteiger partial charge < -0.3 is 10.5 Å². The quantitative estimate of drug-likeness (QED) is 0.907. The highest BCUT2D eigenvalue weighted by atomic mass is 32.2. The highest BCUT2D eigenvalue weighted by Crippen LogP contribution is 2.29. The van der Waals surface area contributed by atoms with Crippen molar-refractivity contribution in [3.05, 3.63) is 29.6 Å². The van der Waals surface area contributed by atoms with Gasteiger partial charge in [0, 0.05) is 18.7 Å². The summed E-state index contributed by atoms with van der Waals surface area (Å²) in [4.78, 5) is -0.0602. The molecule has 5 nitrogen and oxygen atoms in total. The Hall–Kier alpha value is -1.02. The number of ether oxygens (including phenoxy) is 1. The second-order valence-electron chi connectivity index (χ2n) is 5.36. The van der Waals surface area contributed by atoms with E-state index in [0.29, 0.717) is 13.2 Å². The molecule has 1 aromatic rings. The van der Waals surface area contributed by atoms with E-state index in [1.165, 1.54) is 22.5 Å². The van der Waals surface area contributed by atoms with Crippen LogP contribution in [0.25, 0.3) is 0 Å². The summed E-state index contributed by atoms with van der Waals surface area (Å²) >= 11 is 0. The first kappa shape index (κ1) is 15.4. The SMILES string of the molecule is CC1(C)COCCN1S(=O)(=O)c1cccc(F)c1CN. The van der Waals surface area contributed by atoms with Crippen LogP contribution < -0.4 is 5.73 Å². The maximum Gasteiger partial charge on any atom is 0.244 e. The van der Waals surface area contributed by atoms with Gasteiger partial charge >= 0.3 is 0 Å². The third kappa shape index (κ3) is 2.58. The van der Waals surface area contributed by atoms with Crippen LogP contribution in [-0.4, -0.2) is 38.0 Å². The third-order valence-corrected chi connectivity index (χ3v) is 5.61. The zero-order valence-electron chi connectivity index (χ0n) is 11.6. The average Bonchev–Trinajstić information content (AvgIpc) is 2.37. The number of sulfonamides is 1. The highest BCUT2D eigenvalue weighted by molar-refractivity contribution is 7.89. The van der Waals surface area contributed by atoms with Gasteiger partial charge in [0.1, 0.15) is 5.82 Å². The van der Waals surface area contributed by atoms with E-state index >= 15 is 0 Å². The lowest BCUT2D eigenvalue weighted by Gasteiger charge is -2.41. The van der Waals surface area contributed by atoms with Crippen LogP contribution in [0.2, 0.25) is 0 Å². The van der Waals surface area contributed by atoms with Gasteiger partial charge in [-0.25, -0.2) is 12.8 Å². The van der Waals surface area contributed by atoms with E-state index in [-0.39, 0.29) is 23.5 Å². The van der Waals surface area contributed by atoms with Crippen molar-refractivity contribution in [2.45, 2.75) is 30.8 Å². The minimum atomic E-state index is -3.80. The Morgan fingerprint density at radius 2 is 2.15 bits per heavy atom. The summed E-state index contributed by atoms with van der Waals surface area (Å²) in [5, 5.41) is 0. The van der Waals surface area contributed by atoms with Crippen LogP contribution in [0.1, 0.15) is 19.4 Å². The fourth-order valence-electron chi connectivity index (χ4n) is 2.39. The number of hydrogen-bond acceptors (Lipinski definition) is 4. The molecule has 2 N–H and O–H groups in total. The number of nitrogens with zero attached hydrogens (tertiary/aromatic N) is 1. The minimum absolute atomic E-state index is 0.0230. The highest BCUT2D eigenvalue weighted by Gasteiger charge is 2.40. The molecule has 1 heterocycles. The first-order valence-corrected chi connectivity index (χ1v) is 7.83. The van der Waals surface area contributed by atoms with Crippen molar-refractivity contribution < 1.29 is 17.5 Å². The Morgan fingerprint density at radius 3 is 2.75 bits per heavy atom. The summed E-state index contributed by atoms with van der Waals surface area (Å²) in [7, 11) is -3.80. The number of nitrogens with two attached hydrogens (primary N) is 1. The van der Waals surface area contributed by atoms with Crippen molar-refractivity contribution in [2.24, 2.45) is 5.73 Å². The van der Waals surface area contributed by atoms with Gasteiger partial charge in [0.2, 0.25) is 10.0 Å². The summed E-state index contributed by atoms with van der Waals surface area (Å²) in [5.41, 5.74) is 4.85. The molecule has 0 atom stereocenters. The molecule has 0 spiro atoms. The van der Waals surface area contributed by atoms with Gasteiger partial charge in [-0.15, -0.1) is 0 Å². The zero-order valence-corrected chi connectivity index (χ0v) is 12.4. The monoisotopic (exact) mass is 302 g/mol. The van der Waals surface area contributed by atoms with E-state index in [1.54, 1.807) is 13.8 Å².